The second-order valence-electron chi connectivity index (χ2n) is 5.66. The van der Waals surface area contributed by atoms with E-state index in [2.05, 4.69) is 15.8 Å². The van der Waals surface area contributed by atoms with Gasteiger partial charge in [-0.2, -0.15) is 0 Å². The number of anilines is 1. The molecule has 1 aliphatic heterocycles. The summed E-state index contributed by atoms with van der Waals surface area (Å²) in [4.78, 5) is 41.0. The maximum absolute atomic E-state index is 13.8. The molecule has 0 saturated carbocycles. The van der Waals surface area contributed by atoms with Crippen LogP contribution in [0.25, 0.3) is 0 Å². The molecule has 2 aromatic rings. The Bertz CT molecular complexity index is 860. The van der Waals surface area contributed by atoms with Gasteiger partial charge in [0.15, 0.2) is 0 Å². The minimum Gasteiger partial charge on any atom is -0.309 e. The standard InChI is InChI=1S/C17H14F2N4O3/c18-11-4-5-14(12(19)8-11)23-9-10(7-15(23)24)16(25)21-22-17(26)13-3-1-2-6-20-13/h1-6,8,10H,7,9H2,(H,21,25)(H,22,26). The van der Waals surface area contributed by atoms with Gasteiger partial charge in [0.05, 0.1) is 11.6 Å². The molecule has 1 aliphatic rings. The quantitative estimate of drug-likeness (QED) is 0.804. The second kappa shape index (κ2) is 7.26. The van der Waals surface area contributed by atoms with Gasteiger partial charge >= 0.3 is 0 Å². The molecule has 1 aromatic heterocycles. The molecule has 0 spiro atoms. The lowest BCUT2D eigenvalue weighted by molar-refractivity contribution is -0.126. The highest BCUT2D eigenvalue weighted by molar-refractivity contribution is 6.01. The summed E-state index contributed by atoms with van der Waals surface area (Å²) in [7, 11) is 0. The monoisotopic (exact) mass is 360 g/mol. The van der Waals surface area contributed by atoms with Gasteiger partial charge < -0.3 is 4.90 Å². The summed E-state index contributed by atoms with van der Waals surface area (Å²) in [6.07, 6.45) is 1.28. The van der Waals surface area contributed by atoms with Crippen LogP contribution in [-0.2, 0) is 9.59 Å². The van der Waals surface area contributed by atoms with Crippen LogP contribution in [0.1, 0.15) is 16.9 Å². The molecule has 3 amide bonds. The fourth-order valence-corrected chi connectivity index (χ4v) is 2.60. The maximum atomic E-state index is 13.8. The lowest BCUT2D eigenvalue weighted by Crippen LogP contribution is -2.45. The molecule has 1 fully saturated rings. The number of amides is 3. The summed E-state index contributed by atoms with van der Waals surface area (Å²) < 4.78 is 26.8. The molecule has 2 N–H and O–H groups in total. The van der Waals surface area contributed by atoms with E-state index in [1.54, 1.807) is 12.1 Å². The second-order valence-corrected chi connectivity index (χ2v) is 5.66. The van der Waals surface area contributed by atoms with Crippen molar-refractivity contribution in [2.75, 3.05) is 11.4 Å². The van der Waals surface area contributed by atoms with Gasteiger partial charge in [0, 0.05) is 25.2 Å². The number of pyridine rings is 1. The Morgan fingerprint density at radius 2 is 1.96 bits per heavy atom. The van der Waals surface area contributed by atoms with Crippen LogP contribution >= 0.6 is 0 Å². The van der Waals surface area contributed by atoms with Gasteiger partial charge in [-0.3, -0.25) is 30.2 Å². The molecule has 134 valence electrons. The van der Waals surface area contributed by atoms with Crippen LogP contribution in [0.5, 0.6) is 0 Å². The van der Waals surface area contributed by atoms with E-state index < -0.39 is 35.3 Å². The number of hydrazine groups is 1. The zero-order valence-corrected chi connectivity index (χ0v) is 13.4. The first-order valence-corrected chi connectivity index (χ1v) is 7.72. The summed E-state index contributed by atoms with van der Waals surface area (Å²) in [6.45, 7) is -0.0767. The number of aromatic nitrogens is 1. The fourth-order valence-electron chi connectivity index (χ4n) is 2.60. The average Bonchev–Trinajstić information content (AvgIpc) is 3.02. The van der Waals surface area contributed by atoms with Gasteiger partial charge in [-0.25, -0.2) is 8.78 Å². The van der Waals surface area contributed by atoms with E-state index in [1.807, 2.05) is 0 Å². The summed E-state index contributed by atoms with van der Waals surface area (Å²) in [5.41, 5.74) is 4.46. The highest BCUT2D eigenvalue weighted by Crippen LogP contribution is 2.27. The van der Waals surface area contributed by atoms with E-state index in [4.69, 9.17) is 0 Å². The molecule has 0 radical (unpaired) electrons. The Morgan fingerprint density at radius 3 is 2.65 bits per heavy atom. The molecule has 1 saturated heterocycles. The molecule has 0 bridgehead atoms. The number of halogens is 2. The first-order valence-electron chi connectivity index (χ1n) is 7.72. The smallest absolute Gasteiger partial charge is 0.288 e. The molecule has 1 unspecified atom stereocenters. The first-order chi connectivity index (χ1) is 12.5. The molecule has 1 aromatic carbocycles. The highest BCUT2D eigenvalue weighted by Gasteiger charge is 2.36. The molecule has 9 heteroatoms. The van der Waals surface area contributed by atoms with Crippen molar-refractivity contribution in [2.24, 2.45) is 5.92 Å². The topological polar surface area (TPSA) is 91.4 Å². The number of nitrogens with zero attached hydrogens (tertiary/aromatic N) is 2. The summed E-state index contributed by atoms with van der Waals surface area (Å²) in [5.74, 6) is -4.09. The van der Waals surface area contributed by atoms with Crippen molar-refractivity contribution in [1.29, 1.82) is 0 Å². The lowest BCUT2D eigenvalue weighted by Gasteiger charge is -2.17. The minimum absolute atomic E-state index is 0.0767. The van der Waals surface area contributed by atoms with E-state index >= 15 is 0 Å². The predicted molar refractivity (Wildman–Crippen MR) is 86.7 cm³/mol. The van der Waals surface area contributed by atoms with E-state index in [-0.39, 0.29) is 24.3 Å². The predicted octanol–water partition coefficient (Wildman–Crippen LogP) is 1.17. The molecule has 7 nitrogen and oxygen atoms in total. The van der Waals surface area contributed by atoms with Crippen molar-refractivity contribution in [3.63, 3.8) is 0 Å². The van der Waals surface area contributed by atoms with Crippen LogP contribution in [0.4, 0.5) is 14.5 Å². The molecular formula is C17H14F2N4O3. The number of benzene rings is 1. The number of carbonyl (C=O) groups excluding carboxylic acids is 3. The van der Waals surface area contributed by atoms with E-state index in [9.17, 15) is 23.2 Å². The Balaban J connectivity index is 1.61. The number of carbonyl (C=O) groups is 3. The van der Waals surface area contributed by atoms with Gasteiger partial charge in [0.2, 0.25) is 11.8 Å². The van der Waals surface area contributed by atoms with Crippen molar-refractivity contribution in [1.82, 2.24) is 15.8 Å². The van der Waals surface area contributed by atoms with Gasteiger partial charge in [-0.05, 0) is 24.3 Å². The molecule has 0 aliphatic carbocycles. The summed E-state index contributed by atoms with van der Waals surface area (Å²) in [6, 6.07) is 7.58. The van der Waals surface area contributed by atoms with Crippen LogP contribution in [-0.4, -0.2) is 29.3 Å². The Hall–Kier alpha value is -3.36. The SMILES string of the molecule is O=C(NNC(=O)C1CC(=O)N(c2ccc(F)cc2F)C1)c1ccccn1. The number of nitrogens with one attached hydrogen (secondary N) is 2. The average molecular weight is 360 g/mol. The van der Waals surface area contributed by atoms with E-state index in [1.165, 1.54) is 12.3 Å². The van der Waals surface area contributed by atoms with Crippen LogP contribution in [0.3, 0.4) is 0 Å². The Morgan fingerprint density at radius 1 is 1.15 bits per heavy atom. The van der Waals surface area contributed by atoms with Gasteiger partial charge in [0.25, 0.3) is 5.91 Å². The van der Waals surface area contributed by atoms with Crippen LogP contribution < -0.4 is 15.8 Å². The first kappa shape index (κ1) is 17.5. The van der Waals surface area contributed by atoms with Gasteiger partial charge in [0.1, 0.15) is 17.3 Å². The van der Waals surface area contributed by atoms with Gasteiger partial charge in [-0.15, -0.1) is 0 Å². The van der Waals surface area contributed by atoms with E-state index in [0.717, 1.165) is 17.0 Å². The largest absolute Gasteiger partial charge is 0.309 e. The van der Waals surface area contributed by atoms with Crippen molar-refractivity contribution < 1.29 is 23.2 Å². The number of rotatable bonds is 3. The van der Waals surface area contributed by atoms with Crippen molar-refractivity contribution in [3.8, 4) is 0 Å². The van der Waals surface area contributed by atoms with Crippen LogP contribution in [0.15, 0.2) is 42.6 Å². The third-order valence-electron chi connectivity index (χ3n) is 3.89. The van der Waals surface area contributed by atoms with Crippen molar-refractivity contribution >= 4 is 23.4 Å². The zero-order chi connectivity index (χ0) is 18.7. The molecular weight excluding hydrogens is 346 g/mol. The van der Waals surface area contributed by atoms with E-state index in [0.29, 0.717) is 6.07 Å². The molecule has 2 heterocycles. The third-order valence-corrected chi connectivity index (χ3v) is 3.89. The van der Waals surface area contributed by atoms with Crippen molar-refractivity contribution in [2.45, 2.75) is 6.42 Å². The van der Waals surface area contributed by atoms with Crippen molar-refractivity contribution in [3.05, 3.63) is 59.9 Å². The molecule has 3 rings (SSSR count). The number of hydrogen-bond acceptors (Lipinski definition) is 4. The normalized spacial score (nSPS) is 16.5. The van der Waals surface area contributed by atoms with Crippen LogP contribution in [0.2, 0.25) is 0 Å². The third kappa shape index (κ3) is 3.66. The summed E-state index contributed by atoms with van der Waals surface area (Å²) in [5, 5.41) is 0. The zero-order valence-electron chi connectivity index (χ0n) is 13.4. The number of hydrogen-bond donors (Lipinski definition) is 2. The maximum Gasteiger partial charge on any atom is 0.288 e. The Kier molecular flexibility index (Phi) is 4.87. The minimum atomic E-state index is -0.886. The fraction of sp³-hybridized carbons (Fsp3) is 0.176. The molecule has 1 atom stereocenters. The summed E-state index contributed by atoms with van der Waals surface area (Å²) >= 11 is 0. The highest BCUT2D eigenvalue weighted by atomic mass is 19.1. The lowest BCUT2D eigenvalue weighted by atomic mass is 10.1. The van der Waals surface area contributed by atoms with Gasteiger partial charge in [-0.1, -0.05) is 6.07 Å². The Labute approximate surface area is 147 Å². The molecule has 26 heavy (non-hydrogen) atoms. The van der Waals surface area contributed by atoms with Crippen LogP contribution in [0, 0.1) is 17.6 Å².